The van der Waals surface area contributed by atoms with Crippen LogP contribution in [0.1, 0.15) is 25.7 Å². The summed E-state index contributed by atoms with van der Waals surface area (Å²) in [6.07, 6.45) is 4.07. The first-order valence-corrected chi connectivity index (χ1v) is 4.21. The molecule has 0 unspecified atom stereocenters. The number of hydrogen-bond acceptors (Lipinski definition) is 3. The van der Waals surface area contributed by atoms with E-state index in [1.807, 2.05) is 0 Å². The van der Waals surface area contributed by atoms with E-state index in [2.05, 4.69) is 10.5 Å². The van der Waals surface area contributed by atoms with Gasteiger partial charge in [0.05, 0.1) is 0 Å². The van der Waals surface area contributed by atoms with Gasteiger partial charge < -0.3 is 5.43 Å². The molecule has 0 radical (unpaired) electrons. The number of hydrazone groups is 1. The Balaban J connectivity index is 2.20. The van der Waals surface area contributed by atoms with Gasteiger partial charge in [0, 0.05) is 18.9 Å². The minimum atomic E-state index is 0.262. The quantitative estimate of drug-likeness (QED) is 0.555. The molecule has 0 aromatic heterocycles. The van der Waals surface area contributed by atoms with Crippen molar-refractivity contribution in [2.75, 3.05) is 6.54 Å². The van der Waals surface area contributed by atoms with Crippen molar-refractivity contribution in [1.82, 2.24) is 5.43 Å². The standard InChI is InChI=1S/C8H12N2O/c11-7-4-2-1-3-6-5-9-10-8(6)7/h6,9H,1-5H2/t6-/m1/s1. The Bertz CT molecular complexity index is 210. The van der Waals surface area contributed by atoms with Crippen molar-refractivity contribution >= 4 is 11.5 Å². The van der Waals surface area contributed by atoms with Crippen molar-refractivity contribution in [1.29, 1.82) is 0 Å². The summed E-state index contributed by atoms with van der Waals surface area (Å²) in [5, 5.41) is 4.02. The van der Waals surface area contributed by atoms with Crippen LogP contribution in [0, 0.1) is 5.92 Å². The maximum Gasteiger partial charge on any atom is 0.179 e. The largest absolute Gasteiger partial charge is 0.309 e. The van der Waals surface area contributed by atoms with E-state index in [1.165, 1.54) is 6.42 Å². The molecule has 1 atom stereocenters. The summed E-state index contributed by atoms with van der Waals surface area (Å²) in [5.74, 6) is 0.683. The lowest BCUT2D eigenvalue weighted by Crippen LogP contribution is -2.20. The molecule has 3 heteroatoms. The Morgan fingerprint density at radius 2 is 2.36 bits per heavy atom. The molecule has 0 saturated heterocycles. The molecule has 1 fully saturated rings. The van der Waals surface area contributed by atoms with Crippen LogP contribution in [0.2, 0.25) is 0 Å². The number of carbonyl (C=O) groups excluding carboxylic acids is 1. The highest BCUT2D eigenvalue weighted by molar-refractivity contribution is 6.41. The summed E-state index contributed by atoms with van der Waals surface area (Å²) in [6, 6.07) is 0. The van der Waals surface area contributed by atoms with E-state index in [0.29, 0.717) is 12.3 Å². The summed E-state index contributed by atoms with van der Waals surface area (Å²) in [4.78, 5) is 11.3. The maximum atomic E-state index is 11.3. The zero-order valence-corrected chi connectivity index (χ0v) is 6.47. The lowest BCUT2D eigenvalue weighted by Gasteiger charge is -2.03. The smallest absolute Gasteiger partial charge is 0.179 e. The summed E-state index contributed by atoms with van der Waals surface area (Å²) in [5.41, 5.74) is 3.70. The van der Waals surface area contributed by atoms with Gasteiger partial charge in [-0.2, -0.15) is 5.10 Å². The lowest BCUT2D eigenvalue weighted by atomic mass is 9.99. The number of nitrogens with one attached hydrogen (secondary N) is 1. The molecule has 2 aliphatic rings. The average Bonchev–Trinajstić information content (AvgIpc) is 2.40. The first-order chi connectivity index (χ1) is 5.38. The highest BCUT2D eigenvalue weighted by atomic mass is 16.1. The number of rotatable bonds is 0. The predicted molar refractivity (Wildman–Crippen MR) is 42.4 cm³/mol. The van der Waals surface area contributed by atoms with Crippen LogP contribution in [0.3, 0.4) is 0 Å². The lowest BCUT2D eigenvalue weighted by molar-refractivity contribution is -0.113. The van der Waals surface area contributed by atoms with Crippen LogP contribution in [0.4, 0.5) is 0 Å². The van der Waals surface area contributed by atoms with E-state index in [-0.39, 0.29) is 5.78 Å². The molecule has 0 aromatic rings. The molecule has 3 nitrogen and oxygen atoms in total. The molecule has 0 amide bonds. The SMILES string of the molecule is O=C1CCCC[C@@H]2CNN=C12. The fourth-order valence-electron chi connectivity index (χ4n) is 1.76. The number of carbonyl (C=O) groups is 1. The van der Waals surface area contributed by atoms with Crippen LogP contribution in [0.15, 0.2) is 5.10 Å². The molecule has 1 heterocycles. The molecule has 0 bridgehead atoms. The van der Waals surface area contributed by atoms with E-state index in [9.17, 15) is 4.79 Å². The summed E-state index contributed by atoms with van der Waals surface area (Å²) >= 11 is 0. The number of nitrogens with zero attached hydrogens (tertiary/aromatic N) is 1. The highest BCUT2D eigenvalue weighted by Gasteiger charge is 2.28. The second-order valence-electron chi connectivity index (χ2n) is 3.23. The van der Waals surface area contributed by atoms with Gasteiger partial charge in [-0.25, -0.2) is 0 Å². The van der Waals surface area contributed by atoms with E-state index in [1.54, 1.807) is 0 Å². The molecule has 1 saturated carbocycles. The molecule has 1 N–H and O–H groups in total. The molecule has 11 heavy (non-hydrogen) atoms. The van der Waals surface area contributed by atoms with Gasteiger partial charge in [-0.15, -0.1) is 0 Å². The second-order valence-corrected chi connectivity index (χ2v) is 3.23. The number of Topliss-reactive ketones (excluding diaryl/α,β-unsaturated/α-hetero) is 1. The third-order valence-corrected chi connectivity index (χ3v) is 2.42. The first-order valence-electron chi connectivity index (χ1n) is 4.21. The van der Waals surface area contributed by atoms with Crippen LogP contribution in [0.25, 0.3) is 0 Å². The molecule has 1 aliphatic carbocycles. The number of hydrogen-bond donors (Lipinski definition) is 1. The molecule has 0 spiro atoms. The third kappa shape index (κ3) is 1.15. The second kappa shape index (κ2) is 2.64. The fourth-order valence-corrected chi connectivity index (χ4v) is 1.76. The van der Waals surface area contributed by atoms with Gasteiger partial charge in [-0.1, -0.05) is 6.42 Å². The van der Waals surface area contributed by atoms with Crippen molar-refractivity contribution in [2.45, 2.75) is 25.7 Å². The zero-order valence-electron chi connectivity index (χ0n) is 6.47. The van der Waals surface area contributed by atoms with Gasteiger partial charge in [-0.05, 0) is 12.8 Å². The van der Waals surface area contributed by atoms with Gasteiger partial charge in [0.1, 0.15) is 5.71 Å². The van der Waals surface area contributed by atoms with Crippen molar-refractivity contribution in [3.8, 4) is 0 Å². The Kier molecular flexibility index (Phi) is 1.64. The van der Waals surface area contributed by atoms with E-state index < -0.39 is 0 Å². The van der Waals surface area contributed by atoms with Crippen LogP contribution >= 0.6 is 0 Å². The minimum absolute atomic E-state index is 0.262. The van der Waals surface area contributed by atoms with Crippen molar-refractivity contribution < 1.29 is 4.79 Å². The average molecular weight is 152 g/mol. The Morgan fingerprint density at radius 3 is 3.27 bits per heavy atom. The summed E-state index contributed by atoms with van der Waals surface area (Å²) < 4.78 is 0. The van der Waals surface area contributed by atoms with E-state index >= 15 is 0 Å². The zero-order chi connectivity index (χ0) is 7.68. The van der Waals surface area contributed by atoms with Gasteiger partial charge in [0.25, 0.3) is 0 Å². The maximum absolute atomic E-state index is 11.3. The molecule has 2 rings (SSSR count). The van der Waals surface area contributed by atoms with Crippen LogP contribution in [-0.4, -0.2) is 18.0 Å². The molecular formula is C8H12N2O. The highest BCUT2D eigenvalue weighted by Crippen LogP contribution is 2.20. The van der Waals surface area contributed by atoms with E-state index in [4.69, 9.17) is 0 Å². The molecule has 1 aliphatic heterocycles. The van der Waals surface area contributed by atoms with Crippen molar-refractivity contribution in [2.24, 2.45) is 11.0 Å². The predicted octanol–water partition coefficient (Wildman–Crippen LogP) is 0.705. The minimum Gasteiger partial charge on any atom is -0.309 e. The van der Waals surface area contributed by atoms with Gasteiger partial charge >= 0.3 is 0 Å². The third-order valence-electron chi connectivity index (χ3n) is 2.42. The Hall–Kier alpha value is -0.860. The molecule has 0 aromatic carbocycles. The van der Waals surface area contributed by atoms with Crippen LogP contribution in [0.5, 0.6) is 0 Å². The molecular weight excluding hydrogens is 140 g/mol. The van der Waals surface area contributed by atoms with Crippen LogP contribution in [-0.2, 0) is 4.79 Å². The first kappa shape index (κ1) is 6.83. The van der Waals surface area contributed by atoms with E-state index in [0.717, 1.165) is 25.1 Å². The van der Waals surface area contributed by atoms with Crippen molar-refractivity contribution in [3.05, 3.63) is 0 Å². The fraction of sp³-hybridized carbons (Fsp3) is 0.750. The number of fused-ring (bicyclic) bond motifs is 1. The summed E-state index contributed by atoms with van der Waals surface area (Å²) in [7, 11) is 0. The van der Waals surface area contributed by atoms with Gasteiger partial charge in [0.2, 0.25) is 0 Å². The van der Waals surface area contributed by atoms with Gasteiger partial charge in [0.15, 0.2) is 5.78 Å². The monoisotopic (exact) mass is 152 g/mol. The Labute approximate surface area is 65.9 Å². The normalized spacial score (nSPS) is 30.4. The van der Waals surface area contributed by atoms with Crippen molar-refractivity contribution in [3.63, 3.8) is 0 Å². The topological polar surface area (TPSA) is 41.5 Å². The summed E-state index contributed by atoms with van der Waals surface area (Å²) in [6.45, 7) is 0.876. The van der Waals surface area contributed by atoms with Gasteiger partial charge in [-0.3, -0.25) is 4.79 Å². The number of ketones is 1. The van der Waals surface area contributed by atoms with Crippen LogP contribution < -0.4 is 5.43 Å². The Morgan fingerprint density at radius 1 is 1.45 bits per heavy atom. The molecule has 60 valence electrons.